The number of sulfonamides is 1. The summed E-state index contributed by atoms with van der Waals surface area (Å²) in [5.74, 6) is 0.530. The first-order valence-corrected chi connectivity index (χ1v) is 15.1. The lowest BCUT2D eigenvalue weighted by atomic mass is 10.1. The molecule has 7 nitrogen and oxygen atoms in total. The van der Waals surface area contributed by atoms with Gasteiger partial charge in [0.05, 0.1) is 31.1 Å². The number of hydrogen-bond donors (Lipinski definition) is 0. The molecule has 0 fully saturated rings. The van der Waals surface area contributed by atoms with Crippen molar-refractivity contribution in [2.24, 2.45) is 17.4 Å². The molecular formula is C28H49N5O2S. The van der Waals surface area contributed by atoms with Gasteiger partial charge >= 0.3 is 0 Å². The predicted molar refractivity (Wildman–Crippen MR) is 151 cm³/mol. The van der Waals surface area contributed by atoms with Gasteiger partial charge in [0, 0.05) is 19.1 Å². The third kappa shape index (κ3) is 11.7. The maximum atomic E-state index is 11.8. The van der Waals surface area contributed by atoms with Crippen molar-refractivity contribution in [1.82, 2.24) is 4.57 Å². The van der Waals surface area contributed by atoms with Crippen LogP contribution in [0, 0.1) is 6.92 Å². The van der Waals surface area contributed by atoms with Crippen LogP contribution in [-0.2, 0) is 17.1 Å². The monoisotopic (exact) mass is 519 g/mol. The predicted octanol–water partition coefficient (Wildman–Crippen LogP) is 8.10. The van der Waals surface area contributed by atoms with Crippen molar-refractivity contribution in [3.05, 3.63) is 53.0 Å². The Bertz CT molecular complexity index is 931. The molecule has 8 heteroatoms. The van der Waals surface area contributed by atoms with Crippen molar-refractivity contribution in [3.63, 3.8) is 0 Å². The molecular weight excluding hydrogens is 470 g/mol. The van der Waals surface area contributed by atoms with Crippen LogP contribution in [0.25, 0.3) is 4.83 Å². The third-order valence-corrected chi connectivity index (χ3v) is 7.63. The van der Waals surface area contributed by atoms with Gasteiger partial charge in [-0.3, -0.25) is 10.1 Å². The van der Waals surface area contributed by atoms with Crippen molar-refractivity contribution in [3.8, 4) is 0 Å². The number of unbranched alkanes of at least 4 members (excludes halogenated alkanes) is 4. The summed E-state index contributed by atoms with van der Waals surface area (Å²) >= 11 is 0. The molecule has 1 aromatic heterocycles. The number of aryl methyl sites for hydroxylation is 2. The number of aromatic nitrogens is 1. The van der Waals surface area contributed by atoms with E-state index < -0.39 is 10.0 Å². The van der Waals surface area contributed by atoms with Crippen LogP contribution in [0.15, 0.2) is 57.8 Å². The number of nitrogens with zero attached hydrogens (tertiary/aromatic N) is 5. The van der Waals surface area contributed by atoms with E-state index in [4.69, 9.17) is 0 Å². The Morgan fingerprint density at radius 2 is 1.28 bits per heavy atom. The fraction of sp³-hybridized carbons (Fsp3) is 0.643. The second-order valence-electron chi connectivity index (χ2n) is 9.69. The summed E-state index contributed by atoms with van der Waals surface area (Å²) in [5.41, 5.74) is 0.976. The van der Waals surface area contributed by atoms with Crippen molar-refractivity contribution < 1.29 is 12.9 Å². The zero-order valence-corrected chi connectivity index (χ0v) is 24.3. The molecule has 0 aliphatic rings. The first-order chi connectivity index (χ1) is 17.2. The van der Waals surface area contributed by atoms with E-state index in [2.05, 4.69) is 42.9 Å². The van der Waals surface area contributed by atoms with Gasteiger partial charge in [-0.1, -0.05) is 71.1 Å². The summed E-state index contributed by atoms with van der Waals surface area (Å²) in [4.78, 5) is 3.39. The molecule has 0 atom stereocenters. The Balaban J connectivity index is 0.000000363. The van der Waals surface area contributed by atoms with E-state index in [-0.39, 0.29) is 4.90 Å². The van der Waals surface area contributed by atoms with Gasteiger partial charge in [0.1, 0.15) is 0 Å². The van der Waals surface area contributed by atoms with Gasteiger partial charge in [-0.25, -0.2) is 8.42 Å². The zero-order valence-electron chi connectivity index (χ0n) is 23.5. The molecule has 2 aromatic rings. The Labute approximate surface area is 220 Å². The van der Waals surface area contributed by atoms with Gasteiger partial charge in [-0.05, 0) is 56.9 Å². The highest BCUT2D eigenvalue weighted by Crippen LogP contribution is 2.20. The smallest absolute Gasteiger partial charge is 0.215 e. The van der Waals surface area contributed by atoms with Crippen LogP contribution in [0.3, 0.4) is 0 Å². The van der Waals surface area contributed by atoms with Gasteiger partial charge in [0.15, 0.2) is 0 Å². The average Bonchev–Trinajstić information content (AvgIpc) is 3.28. The Hall–Kier alpha value is -2.19. The molecule has 1 aromatic carbocycles. The van der Waals surface area contributed by atoms with Gasteiger partial charge in [0.2, 0.25) is 10.0 Å². The van der Waals surface area contributed by atoms with E-state index in [0.717, 1.165) is 5.56 Å². The summed E-state index contributed by atoms with van der Waals surface area (Å²) in [7, 11) is -2.01. The van der Waals surface area contributed by atoms with Gasteiger partial charge < -0.3 is 14.2 Å². The standard InChI is InChI=1S/C16H36N.C12H13N4O2S/c1-5-9-13-17(14-10-6-2,15-11-7-3)16-12-8-4;1-10-5-7-11(8-6-10)19(17,18)15-14-13-12-4-3-9-16(12)2/h5-16H2,1-4H3;3-9H,1-2H3/q+1;-1. The molecule has 0 aliphatic carbocycles. The maximum absolute atomic E-state index is 11.8. The molecule has 0 saturated heterocycles. The van der Waals surface area contributed by atoms with Crippen LogP contribution in [0.2, 0.25) is 0 Å². The summed E-state index contributed by atoms with van der Waals surface area (Å²) in [5, 5.41) is 7.12. The molecule has 0 radical (unpaired) electrons. The van der Waals surface area contributed by atoms with E-state index in [1.807, 2.05) is 6.92 Å². The van der Waals surface area contributed by atoms with E-state index in [9.17, 15) is 8.42 Å². The van der Waals surface area contributed by atoms with E-state index in [1.54, 1.807) is 42.1 Å². The highest BCUT2D eigenvalue weighted by molar-refractivity contribution is 7.93. The van der Waals surface area contributed by atoms with E-state index >= 15 is 0 Å². The largest absolute Gasteiger partial charge is 0.353 e. The van der Waals surface area contributed by atoms with Crippen LogP contribution in [0.4, 0.5) is 5.82 Å². The lowest BCUT2D eigenvalue weighted by molar-refractivity contribution is -0.929. The summed E-state index contributed by atoms with van der Waals surface area (Å²) in [6, 6.07) is 9.88. The zero-order chi connectivity index (χ0) is 26.9. The normalized spacial score (nSPS) is 11.9. The first kappa shape index (κ1) is 31.8. The van der Waals surface area contributed by atoms with Gasteiger partial charge in [-0.2, -0.15) is 0 Å². The van der Waals surface area contributed by atoms with E-state index in [0.29, 0.717) is 5.82 Å². The molecule has 2 rings (SSSR count). The maximum Gasteiger partial charge on any atom is 0.215 e. The molecule has 36 heavy (non-hydrogen) atoms. The molecule has 0 unspecified atom stereocenters. The number of hydrogen-bond acceptors (Lipinski definition) is 4. The van der Waals surface area contributed by atoms with Crippen molar-refractivity contribution in [2.75, 3.05) is 26.2 Å². The second kappa shape index (κ2) is 17.3. The minimum Gasteiger partial charge on any atom is -0.353 e. The number of benzene rings is 1. The van der Waals surface area contributed by atoms with Crippen molar-refractivity contribution in [2.45, 2.75) is 90.9 Å². The number of rotatable bonds is 16. The SMILES string of the molecule is CCCC[N+](CCCC)(CCCC)CCCC.Cc1ccc(S(=O)(=O)[N-]/N=N/c2cccn2C)cc1. The molecule has 204 valence electrons. The molecule has 0 aliphatic heterocycles. The lowest BCUT2D eigenvalue weighted by Gasteiger charge is -2.39. The van der Waals surface area contributed by atoms with Crippen LogP contribution in [-0.4, -0.2) is 43.6 Å². The van der Waals surface area contributed by atoms with Gasteiger partial charge in [-0.15, -0.1) is 0 Å². The lowest BCUT2D eigenvalue weighted by Crippen LogP contribution is -2.50. The molecule has 1 heterocycles. The number of quaternary nitrogens is 1. The first-order valence-electron chi connectivity index (χ1n) is 13.6. The minimum atomic E-state index is -3.79. The highest BCUT2D eigenvalue weighted by atomic mass is 32.2. The molecule has 0 N–H and O–H groups in total. The fourth-order valence-electron chi connectivity index (χ4n) is 4.07. The quantitative estimate of drug-likeness (QED) is 0.128. The Morgan fingerprint density at radius 3 is 1.67 bits per heavy atom. The van der Waals surface area contributed by atoms with Crippen LogP contribution in [0.5, 0.6) is 0 Å². The third-order valence-electron chi connectivity index (χ3n) is 6.47. The molecule has 0 spiro atoms. The fourth-order valence-corrected chi connectivity index (χ4v) is 4.78. The molecule has 0 saturated carbocycles. The average molecular weight is 520 g/mol. The second-order valence-corrected chi connectivity index (χ2v) is 11.3. The minimum absolute atomic E-state index is 0.101. The summed E-state index contributed by atoms with van der Waals surface area (Å²) < 4.78 is 26.8. The molecule has 0 amide bonds. The summed E-state index contributed by atoms with van der Waals surface area (Å²) in [6.07, 6.45) is 12.8. The van der Waals surface area contributed by atoms with Crippen LogP contribution >= 0.6 is 0 Å². The van der Waals surface area contributed by atoms with Crippen LogP contribution in [0.1, 0.15) is 84.6 Å². The topological polar surface area (TPSA) is 77.9 Å². The summed E-state index contributed by atoms with van der Waals surface area (Å²) in [6.45, 7) is 16.9. The Kier molecular flexibility index (Phi) is 15.3. The van der Waals surface area contributed by atoms with E-state index in [1.165, 1.54) is 94.2 Å². The van der Waals surface area contributed by atoms with Crippen molar-refractivity contribution in [1.29, 1.82) is 0 Å². The Morgan fingerprint density at radius 1 is 0.806 bits per heavy atom. The van der Waals surface area contributed by atoms with Crippen LogP contribution < -0.4 is 0 Å². The highest BCUT2D eigenvalue weighted by Gasteiger charge is 2.24. The van der Waals surface area contributed by atoms with Crippen molar-refractivity contribution >= 4 is 15.8 Å². The molecule has 0 bridgehead atoms. The van der Waals surface area contributed by atoms with Gasteiger partial charge in [0.25, 0.3) is 0 Å².